The molecule has 0 aliphatic carbocycles. The molecule has 0 atom stereocenters. The van der Waals surface area contributed by atoms with Crippen LogP contribution in [0.1, 0.15) is 24.2 Å². The Labute approximate surface area is 117 Å². The number of rotatable bonds is 4. The first-order valence-electron chi connectivity index (χ1n) is 6.50. The number of hydrogen-bond donors (Lipinski definition) is 2. The first kappa shape index (κ1) is 14.0. The van der Waals surface area contributed by atoms with E-state index in [4.69, 9.17) is 0 Å². The number of nitrogens with zero attached hydrogens (tertiary/aromatic N) is 1. The molecule has 2 N–H and O–H groups in total. The summed E-state index contributed by atoms with van der Waals surface area (Å²) in [6.07, 6.45) is 3.30. The summed E-state index contributed by atoms with van der Waals surface area (Å²) < 4.78 is 0. The molecule has 0 bridgehead atoms. The monoisotopic (exact) mass is 271 g/mol. The summed E-state index contributed by atoms with van der Waals surface area (Å²) in [6, 6.07) is 6.86. The van der Waals surface area contributed by atoms with Crippen LogP contribution in [0, 0.1) is 5.92 Å². The molecule has 2 aromatic rings. The van der Waals surface area contributed by atoms with Crippen molar-refractivity contribution in [2.24, 2.45) is 5.92 Å². The lowest BCUT2D eigenvalue weighted by Gasteiger charge is -2.07. The third-order valence-corrected chi connectivity index (χ3v) is 2.82. The van der Waals surface area contributed by atoms with Gasteiger partial charge in [0.25, 0.3) is 11.5 Å². The Morgan fingerprint density at radius 1 is 1.25 bits per heavy atom. The minimum absolute atomic E-state index is 0.128. The zero-order chi connectivity index (χ0) is 14.5. The highest BCUT2D eigenvalue weighted by Crippen LogP contribution is 2.13. The molecular formula is C15H17N3O2. The molecule has 0 fully saturated rings. The summed E-state index contributed by atoms with van der Waals surface area (Å²) in [5.41, 5.74) is 1.26. The van der Waals surface area contributed by atoms with Crippen molar-refractivity contribution in [1.82, 2.24) is 15.3 Å². The van der Waals surface area contributed by atoms with Gasteiger partial charge in [-0.05, 0) is 30.2 Å². The largest absolute Gasteiger partial charge is 0.352 e. The molecule has 0 saturated heterocycles. The molecular weight excluding hydrogens is 254 g/mol. The highest BCUT2D eigenvalue weighted by Gasteiger charge is 2.11. The summed E-state index contributed by atoms with van der Waals surface area (Å²) >= 11 is 0. The smallest absolute Gasteiger partial charge is 0.261 e. The number of aromatic amines is 1. The van der Waals surface area contributed by atoms with Gasteiger partial charge in [-0.2, -0.15) is 0 Å². The van der Waals surface area contributed by atoms with Crippen LogP contribution in [0.4, 0.5) is 0 Å². The first-order chi connectivity index (χ1) is 9.58. The molecule has 0 spiro atoms. The maximum Gasteiger partial charge on any atom is 0.261 e. The zero-order valence-electron chi connectivity index (χ0n) is 11.5. The molecule has 1 amide bonds. The first-order valence-corrected chi connectivity index (χ1v) is 6.50. The van der Waals surface area contributed by atoms with Gasteiger partial charge in [-0.1, -0.05) is 13.8 Å². The molecule has 2 heterocycles. The summed E-state index contributed by atoms with van der Waals surface area (Å²) in [5, 5.41) is 2.73. The van der Waals surface area contributed by atoms with Crippen molar-refractivity contribution in [2.45, 2.75) is 13.8 Å². The number of amides is 1. The second-order valence-corrected chi connectivity index (χ2v) is 4.95. The van der Waals surface area contributed by atoms with Gasteiger partial charge in [0.05, 0.1) is 0 Å². The minimum atomic E-state index is -0.388. The summed E-state index contributed by atoms with van der Waals surface area (Å²) in [4.78, 5) is 30.5. The number of aromatic nitrogens is 2. The molecule has 0 unspecified atom stereocenters. The molecule has 0 aromatic carbocycles. The second-order valence-electron chi connectivity index (χ2n) is 4.95. The summed E-state index contributed by atoms with van der Waals surface area (Å²) in [7, 11) is 0. The fraction of sp³-hybridized carbons (Fsp3) is 0.267. The maximum atomic E-state index is 12.0. The number of H-pyrrole nitrogens is 1. The van der Waals surface area contributed by atoms with Gasteiger partial charge < -0.3 is 10.3 Å². The topological polar surface area (TPSA) is 74.8 Å². The average molecular weight is 271 g/mol. The Hall–Kier alpha value is -2.43. The van der Waals surface area contributed by atoms with Gasteiger partial charge in [0, 0.05) is 30.2 Å². The van der Waals surface area contributed by atoms with Crippen molar-refractivity contribution in [2.75, 3.05) is 6.54 Å². The van der Waals surface area contributed by atoms with Crippen molar-refractivity contribution in [3.63, 3.8) is 0 Å². The molecule has 0 radical (unpaired) electrons. The number of carbonyl (C=O) groups excluding carboxylic acids is 1. The van der Waals surface area contributed by atoms with Crippen LogP contribution in [-0.2, 0) is 0 Å². The van der Waals surface area contributed by atoms with Gasteiger partial charge >= 0.3 is 0 Å². The number of carbonyl (C=O) groups is 1. The lowest BCUT2D eigenvalue weighted by Crippen LogP contribution is -2.32. The third-order valence-electron chi connectivity index (χ3n) is 2.82. The third kappa shape index (κ3) is 3.32. The second kappa shape index (κ2) is 6.14. The quantitative estimate of drug-likeness (QED) is 0.890. The lowest BCUT2D eigenvalue weighted by atomic mass is 10.1. The molecule has 0 saturated carbocycles. The normalized spacial score (nSPS) is 10.6. The van der Waals surface area contributed by atoms with Crippen LogP contribution in [0.15, 0.2) is 41.5 Å². The van der Waals surface area contributed by atoms with E-state index in [9.17, 15) is 9.59 Å². The Morgan fingerprint density at radius 2 is 1.95 bits per heavy atom. The SMILES string of the molecule is CC(C)CNC(=O)c1ccc(-c2ccncc2)[nH]c1=O. The number of pyridine rings is 2. The van der Waals surface area contributed by atoms with Gasteiger partial charge in [0.15, 0.2) is 0 Å². The van der Waals surface area contributed by atoms with Crippen LogP contribution < -0.4 is 10.9 Å². The van der Waals surface area contributed by atoms with E-state index in [1.54, 1.807) is 36.7 Å². The zero-order valence-corrected chi connectivity index (χ0v) is 11.5. The Morgan fingerprint density at radius 3 is 2.55 bits per heavy atom. The van der Waals surface area contributed by atoms with Crippen molar-refractivity contribution in [3.8, 4) is 11.3 Å². The van der Waals surface area contributed by atoms with Crippen LogP contribution in [0.3, 0.4) is 0 Å². The van der Waals surface area contributed by atoms with Crippen LogP contribution in [-0.4, -0.2) is 22.4 Å². The fourth-order valence-corrected chi connectivity index (χ4v) is 1.74. The van der Waals surface area contributed by atoms with Gasteiger partial charge in [0.2, 0.25) is 0 Å². The Bertz CT molecular complexity index is 648. The van der Waals surface area contributed by atoms with E-state index in [1.807, 2.05) is 13.8 Å². The number of nitrogens with one attached hydrogen (secondary N) is 2. The van der Waals surface area contributed by atoms with Crippen LogP contribution >= 0.6 is 0 Å². The van der Waals surface area contributed by atoms with E-state index in [2.05, 4.69) is 15.3 Å². The molecule has 104 valence electrons. The van der Waals surface area contributed by atoms with Gasteiger partial charge in [0.1, 0.15) is 5.56 Å². The van der Waals surface area contributed by atoms with Crippen LogP contribution in [0.5, 0.6) is 0 Å². The van der Waals surface area contributed by atoms with E-state index >= 15 is 0 Å². The van der Waals surface area contributed by atoms with Gasteiger partial charge in [-0.15, -0.1) is 0 Å². The maximum absolute atomic E-state index is 12.0. The molecule has 20 heavy (non-hydrogen) atoms. The lowest BCUT2D eigenvalue weighted by molar-refractivity contribution is 0.0947. The summed E-state index contributed by atoms with van der Waals surface area (Å²) in [5.74, 6) is -0.00430. The van der Waals surface area contributed by atoms with Crippen molar-refractivity contribution >= 4 is 5.91 Å². The standard InChI is InChI=1S/C15H17N3O2/c1-10(2)9-17-14(19)12-3-4-13(18-15(12)20)11-5-7-16-8-6-11/h3-8,10H,9H2,1-2H3,(H,17,19)(H,18,20). The Balaban J connectivity index is 2.23. The molecule has 2 aromatic heterocycles. The Kier molecular flexibility index (Phi) is 4.30. The fourth-order valence-electron chi connectivity index (χ4n) is 1.74. The minimum Gasteiger partial charge on any atom is -0.352 e. The van der Waals surface area contributed by atoms with Crippen molar-refractivity contribution < 1.29 is 4.79 Å². The van der Waals surface area contributed by atoms with E-state index in [0.717, 1.165) is 5.56 Å². The highest BCUT2D eigenvalue weighted by atomic mass is 16.2. The predicted octanol–water partition coefficient (Wildman–Crippen LogP) is 1.82. The average Bonchev–Trinajstić information content (AvgIpc) is 2.45. The summed E-state index contributed by atoms with van der Waals surface area (Å²) in [6.45, 7) is 4.54. The molecule has 2 rings (SSSR count). The van der Waals surface area contributed by atoms with Crippen LogP contribution in [0.2, 0.25) is 0 Å². The van der Waals surface area contributed by atoms with E-state index in [-0.39, 0.29) is 17.0 Å². The van der Waals surface area contributed by atoms with E-state index < -0.39 is 0 Å². The molecule has 0 aliphatic heterocycles. The van der Waals surface area contributed by atoms with Crippen molar-refractivity contribution in [3.05, 3.63) is 52.6 Å². The van der Waals surface area contributed by atoms with Crippen molar-refractivity contribution in [1.29, 1.82) is 0 Å². The predicted molar refractivity (Wildman–Crippen MR) is 77.5 cm³/mol. The molecule has 5 heteroatoms. The van der Waals surface area contributed by atoms with Gasteiger partial charge in [-0.25, -0.2) is 0 Å². The van der Waals surface area contributed by atoms with E-state index in [0.29, 0.717) is 18.2 Å². The van der Waals surface area contributed by atoms with Gasteiger partial charge in [-0.3, -0.25) is 14.6 Å². The van der Waals surface area contributed by atoms with Crippen LogP contribution in [0.25, 0.3) is 11.3 Å². The molecule has 0 aliphatic rings. The van der Waals surface area contributed by atoms with E-state index in [1.165, 1.54) is 0 Å². The number of hydrogen-bond acceptors (Lipinski definition) is 3. The highest BCUT2D eigenvalue weighted by molar-refractivity contribution is 5.94. The molecule has 5 nitrogen and oxygen atoms in total.